The number of aromatic hydroxyl groups is 1. The van der Waals surface area contributed by atoms with Crippen LogP contribution in [-0.2, 0) is 0 Å². The Morgan fingerprint density at radius 3 is 2.21 bits per heavy atom. The summed E-state index contributed by atoms with van der Waals surface area (Å²) in [4.78, 5) is 11.7. The topological polar surface area (TPSA) is 49.3 Å². The third-order valence-electron chi connectivity index (χ3n) is 2.41. The monoisotopic (exact) mass is 267 g/mol. The summed E-state index contributed by atoms with van der Waals surface area (Å²) in [5.74, 6) is -5.18. The Labute approximate surface area is 106 Å². The molecule has 0 unspecified atom stereocenters. The Bertz CT molecular complexity index is 627. The van der Waals surface area contributed by atoms with Crippen molar-refractivity contribution in [2.45, 2.75) is 0 Å². The molecule has 0 bridgehead atoms. The first kappa shape index (κ1) is 12.9. The molecule has 0 aliphatic rings. The van der Waals surface area contributed by atoms with Crippen LogP contribution in [0.5, 0.6) is 5.75 Å². The highest BCUT2D eigenvalue weighted by Crippen LogP contribution is 2.20. The fourth-order valence-electron chi connectivity index (χ4n) is 1.43. The molecule has 0 spiro atoms. The molecule has 2 rings (SSSR count). The van der Waals surface area contributed by atoms with Crippen LogP contribution in [-0.4, -0.2) is 11.0 Å². The van der Waals surface area contributed by atoms with E-state index in [9.17, 15) is 18.0 Å². The van der Waals surface area contributed by atoms with Gasteiger partial charge in [0.15, 0.2) is 17.5 Å². The van der Waals surface area contributed by atoms with Crippen LogP contribution in [0.2, 0.25) is 0 Å². The molecule has 2 N–H and O–H groups in total. The molecule has 0 atom stereocenters. The van der Waals surface area contributed by atoms with Gasteiger partial charge in [-0.15, -0.1) is 0 Å². The van der Waals surface area contributed by atoms with E-state index in [0.29, 0.717) is 6.07 Å². The summed E-state index contributed by atoms with van der Waals surface area (Å²) in [7, 11) is 0. The SMILES string of the molecule is O=C(Nc1ccc(F)c(F)c1F)c1ccc(O)cc1. The van der Waals surface area contributed by atoms with Gasteiger partial charge in [-0.05, 0) is 36.4 Å². The van der Waals surface area contributed by atoms with Crippen LogP contribution in [0.1, 0.15) is 10.4 Å². The van der Waals surface area contributed by atoms with E-state index in [1.807, 2.05) is 0 Å². The van der Waals surface area contributed by atoms with E-state index in [-0.39, 0.29) is 11.3 Å². The molecule has 2 aromatic rings. The second-order valence-electron chi connectivity index (χ2n) is 3.72. The van der Waals surface area contributed by atoms with Gasteiger partial charge in [-0.3, -0.25) is 4.79 Å². The summed E-state index contributed by atoms with van der Waals surface area (Å²) in [6.07, 6.45) is 0. The number of anilines is 1. The lowest BCUT2D eigenvalue weighted by Gasteiger charge is -2.07. The van der Waals surface area contributed by atoms with Gasteiger partial charge in [-0.2, -0.15) is 0 Å². The van der Waals surface area contributed by atoms with Crippen LogP contribution in [0.4, 0.5) is 18.9 Å². The summed E-state index contributed by atoms with van der Waals surface area (Å²) < 4.78 is 39.0. The number of nitrogens with one attached hydrogen (secondary N) is 1. The van der Waals surface area contributed by atoms with E-state index >= 15 is 0 Å². The summed E-state index contributed by atoms with van der Waals surface area (Å²) in [5, 5.41) is 11.2. The lowest BCUT2D eigenvalue weighted by molar-refractivity contribution is 0.102. The molecule has 0 radical (unpaired) electrons. The highest BCUT2D eigenvalue weighted by molar-refractivity contribution is 6.04. The molecule has 0 aliphatic carbocycles. The highest BCUT2D eigenvalue weighted by atomic mass is 19.2. The Morgan fingerprint density at radius 2 is 1.58 bits per heavy atom. The van der Waals surface area contributed by atoms with Crippen LogP contribution in [0.3, 0.4) is 0 Å². The molecule has 0 saturated carbocycles. The van der Waals surface area contributed by atoms with Gasteiger partial charge in [-0.1, -0.05) is 0 Å². The van der Waals surface area contributed by atoms with E-state index < -0.39 is 29.0 Å². The maximum atomic E-state index is 13.3. The predicted octanol–water partition coefficient (Wildman–Crippen LogP) is 3.06. The molecule has 0 aromatic heterocycles. The number of amides is 1. The minimum absolute atomic E-state index is 0.0319. The van der Waals surface area contributed by atoms with Crippen LogP contribution >= 0.6 is 0 Å². The zero-order chi connectivity index (χ0) is 14.0. The van der Waals surface area contributed by atoms with Gasteiger partial charge >= 0.3 is 0 Å². The van der Waals surface area contributed by atoms with Crippen molar-refractivity contribution in [3.63, 3.8) is 0 Å². The van der Waals surface area contributed by atoms with Gasteiger partial charge in [-0.25, -0.2) is 13.2 Å². The van der Waals surface area contributed by atoms with Crippen LogP contribution in [0, 0.1) is 17.5 Å². The summed E-state index contributed by atoms with van der Waals surface area (Å²) in [5.41, 5.74) is -0.320. The van der Waals surface area contributed by atoms with E-state index in [1.165, 1.54) is 24.3 Å². The number of carbonyl (C=O) groups excluding carboxylic acids is 1. The Morgan fingerprint density at radius 1 is 0.947 bits per heavy atom. The number of hydrogen-bond donors (Lipinski definition) is 2. The van der Waals surface area contributed by atoms with Crippen molar-refractivity contribution < 1.29 is 23.1 Å². The van der Waals surface area contributed by atoms with Crippen LogP contribution < -0.4 is 5.32 Å². The molecule has 3 nitrogen and oxygen atoms in total. The van der Waals surface area contributed by atoms with Gasteiger partial charge in [0.05, 0.1) is 5.69 Å². The number of carbonyl (C=O) groups is 1. The Kier molecular flexibility index (Phi) is 3.41. The van der Waals surface area contributed by atoms with Gasteiger partial charge in [0.1, 0.15) is 5.75 Å². The molecule has 0 fully saturated rings. The largest absolute Gasteiger partial charge is 0.508 e. The van der Waals surface area contributed by atoms with Crippen molar-refractivity contribution in [1.29, 1.82) is 0 Å². The molecular weight excluding hydrogens is 259 g/mol. The first-order valence-electron chi connectivity index (χ1n) is 5.23. The van der Waals surface area contributed by atoms with Crippen molar-refractivity contribution in [3.05, 3.63) is 59.4 Å². The Hall–Kier alpha value is -2.50. The lowest BCUT2D eigenvalue weighted by Crippen LogP contribution is -2.13. The molecule has 98 valence electrons. The molecule has 0 heterocycles. The first-order chi connectivity index (χ1) is 8.99. The highest BCUT2D eigenvalue weighted by Gasteiger charge is 2.15. The number of halogens is 3. The average Bonchev–Trinajstić information content (AvgIpc) is 2.40. The van der Waals surface area contributed by atoms with E-state index in [2.05, 4.69) is 5.32 Å². The van der Waals surface area contributed by atoms with Gasteiger partial charge in [0.25, 0.3) is 5.91 Å². The predicted molar refractivity (Wildman–Crippen MR) is 62.4 cm³/mol. The third kappa shape index (κ3) is 2.67. The summed E-state index contributed by atoms with van der Waals surface area (Å²) in [6.45, 7) is 0. The fraction of sp³-hybridized carbons (Fsp3) is 0. The summed E-state index contributed by atoms with van der Waals surface area (Å²) in [6, 6.07) is 6.80. The summed E-state index contributed by atoms with van der Waals surface area (Å²) >= 11 is 0. The number of phenolic OH excluding ortho intramolecular Hbond substituents is 1. The zero-order valence-corrected chi connectivity index (χ0v) is 9.45. The maximum Gasteiger partial charge on any atom is 0.255 e. The zero-order valence-electron chi connectivity index (χ0n) is 9.45. The number of benzene rings is 2. The van der Waals surface area contributed by atoms with Crippen molar-refractivity contribution >= 4 is 11.6 Å². The van der Waals surface area contributed by atoms with E-state index in [1.54, 1.807) is 0 Å². The molecule has 0 saturated heterocycles. The normalized spacial score (nSPS) is 10.3. The van der Waals surface area contributed by atoms with E-state index in [0.717, 1.165) is 6.07 Å². The first-order valence-corrected chi connectivity index (χ1v) is 5.23. The molecule has 19 heavy (non-hydrogen) atoms. The maximum absolute atomic E-state index is 13.3. The second kappa shape index (κ2) is 5.01. The van der Waals surface area contributed by atoms with Crippen molar-refractivity contribution in [2.24, 2.45) is 0 Å². The molecule has 6 heteroatoms. The van der Waals surface area contributed by atoms with Gasteiger partial charge in [0, 0.05) is 5.56 Å². The van der Waals surface area contributed by atoms with Gasteiger partial charge < -0.3 is 10.4 Å². The minimum atomic E-state index is -1.65. The smallest absolute Gasteiger partial charge is 0.255 e. The standard InChI is InChI=1S/C13H8F3NO2/c14-9-5-6-10(12(16)11(9)15)17-13(19)7-1-3-8(18)4-2-7/h1-6,18H,(H,17,19). The van der Waals surface area contributed by atoms with E-state index in [4.69, 9.17) is 5.11 Å². The van der Waals surface area contributed by atoms with Crippen molar-refractivity contribution in [3.8, 4) is 5.75 Å². The van der Waals surface area contributed by atoms with Crippen LogP contribution in [0.15, 0.2) is 36.4 Å². The van der Waals surface area contributed by atoms with Crippen molar-refractivity contribution in [1.82, 2.24) is 0 Å². The lowest BCUT2D eigenvalue weighted by atomic mass is 10.2. The molecule has 1 amide bonds. The third-order valence-corrected chi connectivity index (χ3v) is 2.41. The van der Waals surface area contributed by atoms with Crippen molar-refractivity contribution in [2.75, 3.05) is 5.32 Å². The molecule has 2 aromatic carbocycles. The molecule has 0 aliphatic heterocycles. The van der Waals surface area contributed by atoms with Gasteiger partial charge in [0.2, 0.25) is 0 Å². The number of phenols is 1. The molecular formula is C13H8F3NO2. The number of rotatable bonds is 2. The Balaban J connectivity index is 2.24. The average molecular weight is 267 g/mol. The minimum Gasteiger partial charge on any atom is -0.508 e. The fourth-order valence-corrected chi connectivity index (χ4v) is 1.43. The van der Waals surface area contributed by atoms with Crippen LogP contribution in [0.25, 0.3) is 0 Å². The quantitative estimate of drug-likeness (QED) is 0.821. The second-order valence-corrected chi connectivity index (χ2v) is 3.72. The number of hydrogen-bond acceptors (Lipinski definition) is 2.